The molecule has 1 amide bonds. The Labute approximate surface area is 135 Å². The standard InChI is InChI=1S/C18H20FNO3/c1-12-4-6-14(11-16(12)19)20-18(21)9-5-13-10-15(22-2)7-8-17(13)23-3/h4,6-8,10-11H,5,9H2,1-3H3,(H,20,21). The second kappa shape index (κ2) is 7.63. The Kier molecular flexibility index (Phi) is 5.57. The highest BCUT2D eigenvalue weighted by Gasteiger charge is 2.09. The number of carbonyl (C=O) groups excluding carboxylic acids is 1. The Morgan fingerprint density at radius 1 is 1.13 bits per heavy atom. The fraction of sp³-hybridized carbons (Fsp3) is 0.278. The molecule has 2 rings (SSSR count). The molecule has 0 radical (unpaired) electrons. The highest BCUT2D eigenvalue weighted by atomic mass is 19.1. The average Bonchev–Trinajstić information content (AvgIpc) is 2.56. The SMILES string of the molecule is COc1ccc(OC)c(CCC(=O)Nc2ccc(C)c(F)c2)c1. The van der Waals surface area contributed by atoms with Crippen LogP contribution in [0.2, 0.25) is 0 Å². The van der Waals surface area contributed by atoms with E-state index in [1.165, 1.54) is 6.07 Å². The lowest BCUT2D eigenvalue weighted by Gasteiger charge is -2.11. The van der Waals surface area contributed by atoms with Gasteiger partial charge in [0, 0.05) is 12.1 Å². The van der Waals surface area contributed by atoms with E-state index < -0.39 is 0 Å². The van der Waals surface area contributed by atoms with Crippen molar-refractivity contribution in [3.63, 3.8) is 0 Å². The number of methoxy groups -OCH3 is 2. The first-order valence-corrected chi connectivity index (χ1v) is 7.30. The number of amides is 1. The van der Waals surface area contributed by atoms with Crippen LogP contribution in [0.25, 0.3) is 0 Å². The van der Waals surface area contributed by atoms with E-state index in [2.05, 4.69) is 5.32 Å². The van der Waals surface area contributed by atoms with Crippen LogP contribution in [-0.2, 0) is 11.2 Å². The molecular weight excluding hydrogens is 297 g/mol. The van der Waals surface area contributed by atoms with Crippen molar-refractivity contribution in [3.05, 3.63) is 53.3 Å². The van der Waals surface area contributed by atoms with Crippen molar-refractivity contribution in [2.75, 3.05) is 19.5 Å². The molecule has 0 aliphatic heterocycles. The second-order valence-corrected chi connectivity index (χ2v) is 5.19. The van der Waals surface area contributed by atoms with Crippen LogP contribution in [0.3, 0.4) is 0 Å². The molecule has 0 bridgehead atoms. The average molecular weight is 317 g/mol. The van der Waals surface area contributed by atoms with Crippen LogP contribution in [0.5, 0.6) is 11.5 Å². The van der Waals surface area contributed by atoms with Gasteiger partial charge < -0.3 is 14.8 Å². The Balaban J connectivity index is 2.00. The van der Waals surface area contributed by atoms with E-state index in [9.17, 15) is 9.18 Å². The number of anilines is 1. The summed E-state index contributed by atoms with van der Waals surface area (Å²) in [5, 5.41) is 2.70. The van der Waals surface area contributed by atoms with Gasteiger partial charge >= 0.3 is 0 Å². The Morgan fingerprint density at radius 3 is 2.57 bits per heavy atom. The first-order valence-electron chi connectivity index (χ1n) is 7.30. The molecule has 4 nitrogen and oxygen atoms in total. The van der Waals surface area contributed by atoms with Crippen LogP contribution >= 0.6 is 0 Å². The van der Waals surface area contributed by atoms with Gasteiger partial charge in [-0.2, -0.15) is 0 Å². The van der Waals surface area contributed by atoms with E-state index in [-0.39, 0.29) is 18.1 Å². The van der Waals surface area contributed by atoms with Gasteiger partial charge in [-0.25, -0.2) is 4.39 Å². The maximum Gasteiger partial charge on any atom is 0.224 e. The molecule has 122 valence electrons. The molecule has 0 spiro atoms. The van der Waals surface area contributed by atoms with Crippen molar-refractivity contribution in [1.82, 2.24) is 0 Å². The topological polar surface area (TPSA) is 47.6 Å². The van der Waals surface area contributed by atoms with E-state index >= 15 is 0 Å². The lowest BCUT2D eigenvalue weighted by Crippen LogP contribution is -2.12. The smallest absolute Gasteiger partial charge is 0.224 e. The molecule has 0 heterocycles. The maximum absolute atomic E-state index is 13.5. The molecule has 0 aliphatic carbocycles. The van der Waals surface area contributed by atoms with Crippen molar-refractivity contribution in [2.45, 2.75) is 19.8 Å². The van der Waals surface area contributed by atoms with Gasteiger partial charge in [0.25, 0.3) is 0 Å². The summed E-state index contributed by atoms with van der Waals surface area (Å²) in [4.78, 5) is 12.0. The van der Waals surface area contributed by atoms with Crippen molar-refractivity contribution in [2.24, 2.45) is 0 Å². The molecule has 5 heteroatoms. The predicted molar refractivity (Wildman–Crippen MR) is 87.6 cm³/mol. The minimum atomic E-state index is -0.336. The molecule has 23 heavy (non-hydrogen) atoms. The molecule has 0 unspecified atom stereocenters. The summed E-state index contributed by atoms with van der Waals surface area (Å²) in [5.74, 6) is 0.900. The van der Waals surface area contributed by atoms with E-state index in [4.69, 9.17) is 9.47 Å². The number of aryl methyl sites for hydroxylation is 2. The summed E-state index contributed by atoms with van der Waals surface area (Å²) >= 11 is 0. The molecule has 0 saturated carbocycles. The molecule has 2 aromatic rings. The minimum absolute atomic E-state index is 0.182. The molecule has 0 fully saturated rings. The van der Waals surface area contributed by atoms with Crippen LogP contribution in [0.4, 0.5) is 10.1 Å². The van der Waals surface area contributed by atoms with E-state index in [1.54, 1.807) is 45.4 Å². The number of hydrogen-bond acceptors (Lipinski definition) is 3. The largest absolute Gasteiger partial charge is 0.497 e. The first kappa shape index (κ1) is 16.8. The van der Waals surface area contributed by atoms with Gasteiger partial charge in [-0.3, -0.25) is 4.79 Å². The van der Waals surface area contributed by atoms with Crippen LogP contribution in [0, 0.1) is 12.7 Å². The summed E-state index contributed by atoms with van der Waals surface area (Å²) in [5.41, 5.74) is 1.89. The van der Waals surface area contributed by atoms with Crippen molar-refractivity contribution in [3.8, 4) is 11.5 Å². The second-order valence-electron chi connectivity index (χ2n) is 5.19. The van der Waals surface area contributed by atoms with E-state index in [0.29, 0.717) is 29.2 Å². The first-order chi connectivity index (χ1) is 11.0. The highest BCUT2D eigenvalue weighted by Crippen LogP contribution is 2.25. The van der Waals surface area contributed by atoms with Gasteiger partial charge in [-0.05, 0) is 54.8 Å². The lowest BCUT2D eigenvalue weighted by atomic mass is 10.1. The van der Waals surface area contributed by atoms with Crippen molar-refractivity contribution >= 4 is 11.6 Å². The summed E-state index contributed by atoms with van der Waals surface area (Å²) in [6.45, 7) is 1.68. The number of hydrogen-bond donors (Lipinski definition) is 1. The zero-order valence-electron chi connectivity index (χ0n) is 13.5. The van der Waals surface area contributed by atoms with E-state index in [1.807, 2.05) is 6.07 Å². The van der Waals surface area contributed by atoms with Crippen molar-refractivity contribution < 1.29 is 18.7 Å². The normalized spacial score (nSPS) is 10.3. The van der Waals surface area contributed by atoms with Crippen LogP contribution in [-0.4, -0.2) is 20.1 Å². The molecule has 2 aromatic carbocycles. The Hall–Kier alpha value is -2.56. The molecule has 0 aromatic heterocycles. The fourth-order valence-corrected chi connectivity index (χ4v) is 2.22. The van der Waals surface area contributed by atoms with Gasteiger partial charge in [0.05, 0.1) is 14.2 Å². The van der Waals surface area contributed by atoms with Crippen molar-refractivity contribution in [1.29, 1.82) is 0 Å². The summed E-state index contributed by atoms with van der Waals surface area (Å²) in [7, 11) is 3.17. The molecular formula is C18H20FNO3. The van der Waals surface area contributed by atoms with E-state index in [0.717, 1.165) is 5.56 Å². The zero-order chi connectivity index (χ0) is 16.8. The number of rotatable bonds is 6. The quantitative estimate of drug-likeness (QED) is 0.883. The number of halogens is 1. The van der Waals surface area contributed by atoms with Gasteiger partial charge in [0.1, 0.15) is 17.3 Å². The maximum atomic E-state index is 13.5. The Bertz CT molecular complexity index is 701. The molecule has 0 saturated heterocycles. The lowest BCUT2D eigenvalue weighted by molar-refractivity contribution is -0.116. The monoisotopic (exact) mass is 317 g/mol. The van der Waals surface area contributed by atoms with Crippen LogP contribution < -0.4 is 14.8 Å². The zero-order valence-corrected chi connectivity index (χ0v) is 13.5. The van der Waals surface area contributed by atoms with Gasteiger partial charge in [0.2, 0.25) is 5.91 Å². The third-order valence-corrected chi connectivity index (χ3v) is 3.56. The predicted octanol–water partition coefficient (Wildman–Crippen LogP) is 3.72. The number of carbonyl (C=O) groups is 1. The summed E-state index contributed by atoms with van der Waals surface area (Å²) in [6.07, 6.45) is 0.763. The van der Waals surface area contributed by atoms with Gasteiger partial charge in [0.15, 0.2) is 0 Å². The summed E-state index contributed by atoms with van der Waals surface area (Å²) in [6, 6.07) is 10.1. The van der Waals surface area contributed by atoms with Crippen LogP contribution in [0.15, 0.2) is 36.4 Å². The Morgan fingerprint density at radius 2 is 1.91 bits per heavy atom. The molecule has 0 aliphatic rings. The molecule has 0 atom stereocenters. The third-order valence-electron chi connectivity index (χ3n) is 3.56. The highest BCUT2D eigenvalue weighted by molar-refractivity contribution is 5.90. The van der Waals surface area contributed by atoms with Crippen LogP contribution in [0.1, 0.15) is 17.5 Å². The van der Waals surface area contributed by atoms with Gasteiger partial charge in [-0.15, -0.1) is 0 Å². The molecule has 1 N–H and O–H groups in total. The fourth-order valence-electron chi connectivity index (χ4n) is 2.22. The summed E-state index contributed by atoms with van der Waals surface area (Å²) < 4.78 is 24.0. The number of benzene rings is 2. The number of ether oxygens (including phenoxy) is 2. The number of nitrogens with one attached hydrogen (secondary N) is 1. The third kappa shape index (κ3) is 4.45. The minimum Gasteiger partial charge on any atom is -0.497 e. The van der Waals surface area contributed by atoms with Gasteiger partial charge in [-0.1, -0.05) is 6.07 Å².